The molecule has 1 atom stereocenters. The molecule has 116 valence electrons. The molecule has 1 aliphatic rings. The molecule has 0 saturated carbocycles. The predicted molar refractivity (Wildman–Crippen MR) is 90.2 cm³/mol. The van der Waals surface area contributed by atoms with Crippen molar-refractivity contribution in [2.24, 2.45) is 0 Å². The number of hydrogen-bond acceptors (Lipinski definition) is 3. The summed E-state index contributed by atoms with van der Waals surface area (Å²) in [4.78, 5) is 12.3. The van der Waals surface area contributed by atoms with E-state index in [2.05, 4.69) is 31.2 Å². The van der Waals surface area contributed by atoms with E-state index in [0.717, 1.165) is 11.8 Å². The van der Waals surface area contributed by atoms with Crippen LogP contribution < -0.4 is 10.4 Å². The maximum atomic E-state index is 12.3. The average Bonchev–Trinajstić information content (AvgIpc) is 2.79. The van der Waals surface area contributed by atoms with E-state index in [1.165, 1.54) is 11.1 Å². The van der Waals surface area contributed by atoms with Gasteiger partial charge in [-0.3, -0.25) is 0 Å². The van der Waals surface area contributed by atoms with Gasteiger partial charge in [0.05, 0.1) is 17.6 Å². The molecular formula is C20H18O3. The van der Waals surface area contributed by atoms with Crippen LogP contribution in [-0.2, 0) is 6.42 Å². The maximum Gasteiger partial charge on any atom is 0.343 e. The SMILES string of the molecule is Cc1ccc(C2CCc3c(c4ccccc4oc3=O)OC2)cc1. The Labute approximate surface area is 134 Å². The molecular weight excluding hydrogens is 288 g/mol. The molecule has 1 aromatic heterocycles. The quantitative estimate of drug-likeness (QED) is 0.632. The Morgan fingerprint density at radius 1 is 1.04 bits per heavy atom. The summed E-state index contributed by atoms with van der Waals surface area (Å²) in [6.45, 7) is 2.67. The van der Waals surface area contributed by atoms with Crippen LogP contribution in [0.5, 0.6) is 5.75 Å². The number of ether oxygens (including phenoxy) is 1. The van der Waals surface area contributed by atoms with E-state index in [1.54, 1.807) is 0 Å². The standard InChI is InChI=1S/C20H18O3/c1-13-6-8-14(9-7-13)15-10-11-17-19(22-12-15)16-4-2-3-5-18(16)23-20(17)21/h2-9,15H,10-12H2,1H3. The van der Waals surface area contributed by atoms with E-state index in [9.17, 15) is 4.79 Å². The van der Waals surface area contributed by atoms with Gasteiger partial charge in [0, 0.05) is 5.92 Å². The van der Waals surface area contributed by atoms with E-state index in [4.69, 9.17) is 9.15 Å². The second-order valence-corrected chi connectivity index (χ2v) is 6.15. The van der Waals surface area contributed by atoms with Crippen LogP contribution in [0, 0.1) is 6.92 Å². The second kappa shape index (κ2) is 5.58. The number of para-hydroxylation sites is 1. The molecule has 4 rings (SSSR count). The molecule has 0 saturated heterocycles. The van der Waals surface area contributed by atoms with Crippen LogP contribution in [0.15, 0.2) is 57.7 Å². The molecule has 0 fully saturated rings. The molecule has 3 aromatic rings. The van der Waals surface area contributed by atoms with E-state index in [0.29, 0.717) is 35.8 Å². The zero-order valence-corrected chi connectivity index (χ0v) is 13.0. The molecule has 23 heavy (non-hydrogen) atoms. The first-order chi connectivity index (χ1) is 11.2. The van der Waals surface area contributed by atoms with Gasteiger partial charge in [0.25, 0.3) is 0 Å². The first kappa shape index (κ1) is 14.1. The summed E-state index contributed by atoms with van der Waals surface area (Å²) < 4.78 is 11.5. The molecule has 0 radical (unpaired) electrons. The van der Waals surface area contributed by atoms with Crippen LogP contribution >= 0.6 is 0 Å². The molecule has 1 aliphatic heterocycles. The van der Waals surface area contributed by atoms with Crippen LogP contribution in [0.1, 0.15) is 29.0 Å². The third kappa shape index (κ3) is 2.52. The van der Waals surface area contributed by atoms with Crippen LogP contribution in [0.3, 0.4) is 0 Å². The van der Waals surface area contributed by atoms with Crippen molar-refractivity contribution < 1.29 is 9.15 Å². The lowest BCUT2D eigenvalue weighted by atomic mass is 9.93. The first-order valence-corrected chi connectivity index (χ1v) is 7.96. The third-order valence-electron chi connectivity index (χ3n) is 4.58. The van der Waals surface area contributed by atoms with Gasteiger partial charge in [-0.1, -0.05) is 42.0 Å². The van der Waals surface area contributed by atoms with Crippen LogP contribution in [0.2, 0.25) is 0 Å². The monoisotopic (exact) mass is 306 g/mol. The van der Waals surface area contributed by atoms with Gasteiger partial charge in [-0.05, 0) is 37.5 Å². The van der Waals surface area contributed by atoms with Gasteiger partial charge in [0.15, 0.2) is 0 Å². The number of benzene rings is 2. The number of hydrogen-bond donors (Lipinski definition) is 0. The van der Waals surface area contributed by atoms with Gasteiger partial charge < -0.3 is 9.15 Å². The second-order valence-electron chi connectivity index (χ2n) is 6.15. The Morgan fingerprint density at radius 3 is 2.65 bits per heavy atom. The van der Waals surface area contributed by atoms with Crippen molar-refractivity contribution in [3.05, 3.63) is 75.6 Å². The minimum Gasteiger partial charge on any atom is -0.492 e. The van der Waals surface area contributed by atoms with E-state index in [1.807, 2.05) is 24.3 Å². The van der Waals surface area contributed by atoms with E-state index >= 15 is 0 Å². The van der Waals surface area contributed by atoms with Gasteiger partial charge >= 0.3 is 5.63 Å². The zero-order valence-electron chi connectivity index (χ0n) is 13.0. The Bertz CT molecular complexity index is 906. The van der Waals surface area contributed by atoms with Gasteiger partial charge in [-0.2, -0.15) is 0 Å². The third-order valence-corrected chi connectivity index (χ3v) is 4.58. The Balaban J connectivity index is 1.74. The van der Waals surface area contributed by atoms with Crippen LogP contribution in [0.25, 0.3) is 11.0 Å². The number of rotatable bonds is 1. The highest BCUT2D eigenvalue weighted by atomic mass is 16.5. The summed E-state index contributed by atoms with van der Waals surface area (Å²) in [5.41, 5.74) is 3.49. The predicted octanol–water partition coefficient (Wildman–Crippen LogP) is 4.21. The Kier molecular flexibility index (Phi) is 3.41. The van der Waals surface area contributed by atoms with E-state index in [-0.39, 0.29) is 5.63 Å². The lowest BCUT2D eigenvalue weighted by Crippen LogP contribution is -2.09. The zero-order chi connectivity index (χ0) is 15.8. The normalized spacial score (nSPS) is 17.3. The van der Waals surface area contributed by atoms with Crippen molar-refractivity contribution >= 4 is 11.0 Å². The lowest BCUT2D eigenvalue weighted by Gasteiger charge is -2.15. The van der Waals surface area contributed by atoms with Crippen molar-refractivity contribution in [2.45, 2.75) is 25.7 Å². The van der Waals surface area contributed by atoms with Gasteiger partial charge in [0.1, 0.15) is 11.3 Å². The summed E-state index contributed by atoms with van der Waals surface area (Å²) in [6.07, 6.45) is 1.57. The minimum absolute atomic E-state index is 0.275. The molecule has 3 heteroatoms. The summed E-state index contributed by atoms with van der Waals surface area (Å²) in [5.74, 6) is 0.993. The highest BCUT2D eigenvalue weighted by molar-refractivity contribution is 5.84. The van der Waals surface area contributed by atoms with Gasteiger partial charge in [0.2, 0.25) is 0 Å². The fourth-order valence-corrected chi connectivity index (χ4v) is 3.23. The van der Waals surface area contributed by atoms with Crippen molar-refractivity contribution in [2.75, 3.05) is 6.61 Å². The fraction of sp³-hybridized carbons (Fsp3) is 0.250. The van der Waals surface area contributed by atoms with Crippen molar-refractivity contribution in [1.29, 1.82) is 0 Å². The summed E-state index contributed by atoms with van der Waals surface area (Å²) in [5, 5.41) is 0.881. The Morgan fingerprint density at radius 2 is 1.83 bits per heavy atom. The number of fused-ring (bicyclic) bond motifs is 3. The molecule has 0 amide bonds. The first-order valence-electron chi connectivity index (χ1n) is 7.96. The van der Waals surface area contributed by atoms with Gasteiger partial charge in [-0.15, -0.1) is 0 Å². The molecule has 2 aromatic carbocycles. The van der Waals surface area contributed by atoms with Crippen LogP contribution in [0.4, 0.5) is 0 Å². The fourth-order valence-electron chi connectivity index (χ4n) is 3.23. The molecule has 0 spiro atoms. The lowest BCUT2D eigenvalue weighted by molar-refractivity contribution is 0.295. The smallest absolute Gasteiger partial charge is 0.343 e. The highest BCUT2D eigenvalue weighted by Crippen LogP contribution is 2.34. The molecule has 0 N–H and O–H groups in total. The van der Waals surface area contributed by atoms with Crippen molar-refractivity contribution in [3.8, 4) is 5.75 Å². The highest BCUT2D eigenvalue weighted by Gasteiger charge is 2.23. The molecule has 2 heterocycles. The summed E-state index contributed by atoms with van der Waals surface area (Å²) >= 11 is 0. The summed E-state index contributed by atoms with van der Waals surface area (Å²) in [6, 6.07) is 16.1. The van der Waals surface area contributed by atoms with Crippen LogP contribution in [-0.4, -0.2) is 6.61 Å². The molecule has 1 unspecified atom stereocenters. The van der Waals surface area contributed by atoms with Gasteiger partial charge in [-0.25, -0.2) is 4.79 Å². The van der Waals surface area contributed by atoms with Crippen molar-refractivity contribution in [1.82, 2.24) is 0 Å². The minimum atomic E-state index is -0.275. The largest absolute Gasteiger partial charge is 0.492 e. The summed E-state index contributed by atoms with van der Waals surface area (Å²) in [7, 11) is 0. The topological polar surface area (TPSA) is 39.4 Å². The molecule has 0 bridgehead atoms. The van der Waals surface area contributed by atoms with E-state index < -0.39 is 0 Å². The molecule has 3 nitrogen and oxygen atoms in total. The van der Waals surface area contributed by atoms with Crippen molar-refractivity contribution in [3.63, 3.8) is 0 Å². The molecule has 0 aliphatic carbocycles. The average molecular weight is 306 g/mol. The Hall–Kier alpha value is -2.55. The maximum absolute atomic E-state index is 12.3. The number of aryl methyl sites for hydroxylation is 1.